The topological polar surface area (TPSA) is 64.9 Å². The molecule has 1 atom stereocenters. The summed E-state index contributed by atoms with van der Waals surface area (Å²) in [6.07, 6.45) is 1.51. The minimum absolute atomic E-state index is 0.0784. The van der Waals surface area contributed by atoms with Gasteiger partial charge in [-0.2, -0.15) is 0 Å². The van der Waals surface area contributed by atoms with Gasteiger partial charge >= 0.3 is 0 Å². The zero-order valence-electron chi connectivity index (χ0n) is 8.24. The zero-order chi connectivity index (χ0) is 10.1. The van der Waals surface area contributed by atoms with Crippen molar-refractivity contribution >= 4 is 6.08 Å². The summed E-state index contributed by atoms with van der Waals surface area (Å²) in [6.45, 7) is 9.60. The quantitative estimate of drug-likeness (QED) is 0.755. The van der Waals surface area contributed by atoms with E-state index in [1.54, 1.807) is 0 Å². The van der Waals surface area contributed by atoms with Gasteiger partial charge in [-0.3, -0.25) is 0 Å². The minimum Gasteiger partial charge on any atom is -0.420 e. The third-order valence-electron chi connectivity index (χ3n) is 1.83. The highest BCUT2D eigenvalue weighted by Gasteiger charge is 2.26. The first-order chi connectivity index (χ1) is 5.95. The Hall–Kier alpha value is -1.16. The van der Waals surface area contributed by atoms with Gasteiger partial charge in [-0.15, -0.1) is 10.2 Å². The molecule has 0 radical (unpaired) electrons. The summed E-state index contributed by atoms with van der Waals surface area (Å²) in [5.74, 6) is 0.872. The molecule has 1 heterocycles. The third-order valence-corrected chi connectivity index (χ3v) is 1.83. The monoisotopic (exact) mass is 181 g/mol. The summed E-state index contributed by atoms with van der Waals surface area (Å²) >= 11 is 0. The van der Waals surface area contributed by atoms with E-state index in [-0.39, 0.29) is 11.5 Å². The highest BCUT2D eigenvalue weighted by molar-refractivity contribution is 5.32. The van der Waals surface area contributed by atoms with Crippen molar-refractivity contribution in [3.05, 3.63) is 18.4 Å². The molecule has 0 aliphatic heterocycles. The fourth-order valence-electron chi connectivity index (χ4n) is 0.825. The Labute approximate surface area is 77.8 Å². The van der Waals surface area contributed by atoms with Gasteiger partial charge in [0.1, 0.15) is 0 Å². The second kappa shape index (κ2) is 3.30. The van der Waals surface area contributed by atoms with Crippen LogP contribution in [0.4, 0.5) is 0 Å². The first kappa shape index (κ1) is 9.92. The lowest BCUT2D eigenvalue weighted by atomic mass is 9.87. The van der Waals surface area contributed by atoms with Gasteiger partial charge in [0.25, 0.3) is 0 Å². The molecule has 2 N–H and O–H groups in total. The molecule has 0 aliphatic rings. The second-order valence-corrected chi connectivity index (χ2v) is 4.03. The van der Waals surface area contributed by atoms with Crippen LogP contribution in [0.15, 0.2) is 11.0 Å². The molecule has 4 heteroatoms. The first-order valence-corrected chi connectivity index (χ1v) is 4.16. The van der Waals surface area contributed by atoms with E-state index in [2.05, 4.69) is 16.8 Å². The highest BCUT2D eigenvalue weighted by atomic mass is 16.4. The van der Waals surface area contributed by atoms with Crippen molar-refractivity contribution in [1.82, 2.24) is 10.2 Å². The normalized spacial score (nSPS) is 14.2. The van der Waals surface area contributed by atoms with Crippen LogP contribution < -0.4 is 5.73 Å². The Bertz CT molecular complexity index is 298. The minimum atomic E-state index is -0.242. The van der Waals surface area contributed by atoms with E-state index in [1.165, 1.54) is 6.08 Å². The third kappa shape index (κ3) is 2.15. The van der Waals surface area contributed by atoms with Crippen LogP contribution in [0.1, 0.15) is 38.6 Å². The van der Waals surface area contributed by atoms with Crippen LogP contribution in [-0.2, 0) is 0 Å². The fourth-order valence-corrected chi connectivity index (χ4v) is 0.825. The number of hydrogen-bond acceptors (Lipinski definition) is 4. The maximum absolute atomic E-state index is 5.91. The van der Waals surface area contributed by atoms with Gasteiger partial charge in [-0.05, 0) is 11.5 Å². The first-order valence-electron chi connectivity index (χ1n) is 4.16. The van der Waals surface area contributed by atoms with Crippen molar-refractivity contribution in [3.63, 3.8) is 0 Å². The smallest absolute Gasteiger partial charge is 0.240 e. The van der Waals surface area contributed by atoms with E-state index in [1.807, 2.05) is 20.8 Å². The standard InChI is InChI=1S/C9H15N3O/c1-5-6-11-12-8(13-6)7(10)9(2,3)4/h5,7H,1,10H2,2-4H3. The summed E-state index contributed by atoms with van der Waals surface area (Å²) < 4.78 is 5.26. The molecule has 1 aromatic heterocycles. The maximum atomic E-state index is 5.91. The molecule has 1 unspecified atom stereocenters. The predicted molar refractivity (Wildman–Crippen MR) is 50.8 cm³/mol. The molecular weight excluding hydrogens is 166 g/mol. The molecule has 1 aromatic rings. The Balaban J connectivity index is 2.89. The van der Waals surface area contributed by atoms with E-state index in [9.17, 15) is 0 Å². The Morgan fingerprint density at radius 3 is 2.46 bits per heavy atom. The van der Waals surface area contributed by atoms with Crippen LogP contribution in [0.5, 0.6) is 0 Å². The second-order valence-electron chi connectivity index (χ2n) is 4.03. The number of hydrogen-bond donors (Lipinski definition) is 1. The molecule has 0 saturated heterocycles. The summed E-state index contributed by atoms with van der Waals surface area (Å²) in [4.78, 5) is 0. The molecule has 13 heavy (non-hydrogen) atoms. The van der Waals surface area contributed by atoms with Gasteiger partial charge < -0.3 is 10.2 Å². The molecule has 72 valence electrons. The lowest BCUT2D eigenvalue weighted by Crippen LogP contribution is -2.26. The van der Waals surface area contributed by atoms with Gasteiger partial charge in [0.2, 0.25) is 11.8 Å². The van der Waals surface area contributed by atoms with Crippen molar-refractivity contribution in [2.24, 2.45) is 11.1 Å². The number of rotatable bonds is 2. The van der Waals surface area contributed by atoms with Crippen LogP contribution >= 0.6 is 0 Å². The molecule has 0 amide bonds. The van der Waals surface area contributed by atoms with Gasteiger partial charge in [-0.25, -0.2) is 0 Å². The SMILES string of the molecule is C=Cc1nnc(C(N)C(C)(C)C)o1. The summed E-state index contributed by atoms with van der Waals surface area (Å²) in [5.41, 5.74) is 5.83. The zero-order valence-corrected chi connectivity index (χ0v) is 8.24. The molecule has 0 aromatic carbocycles. The number of aromatic nitrogens is 2. The average molecular weight is 181 g/mol. The van der Waals surface area contributed by atoms with Crippen LogP contribution in [0.25, 0.3) is 6.08 Å². The van der Waals surface area contributed by atoms with Crippen LogP contribution in [-0.4, -0.2) is 10.2 Å². The lowest BCUT2D eigenvalue weighted by Gasteiger charge is -2.23. The molecule has 0 aliphatic carbocycles. The van der Waals surface area contributed by atoms with Crippen molar-refractivity contribution < 1.29 is 4.42 Å². The lowest BCUT2D eigenvalue weighted by molar-refractivity contribution is 0.276. The number of nitrogens with zero attached hydrogens (tertiary/aromatic N) is 2. The van der Waals surface area contributed by atoms with E-state index >= 15 is 0 Å². The fraction of sp³-hybridized carbons (Fsp3) is 0.556. The molecular formula is C9H15N3O. The highest BCUT2D eigenvalue weighted by Crippen LogP contribution is 2.29. The summed E-state index contributed by atoms with van der Waals surface area (Å²) in [5, 5.41) is 7.60. The Morgan fingerprint density at radius 1 is 1.46 bits per heavy atom. The molecule has 0 bridgehead atoms. The Morgan fingerprint density at radius 2 is 2.08 bits per heavy atom. The van der Waals surface area contributed by atoms with E-state index in [0.717, 1.165) is 0 Å². The van der Waals surface area contributed by atoms with Crippen molar-refractivity contribution in [2.45, 2.75) is 26.8 Å². The van der Waals surface area contributed by atoms with Crippen LogP contribution in [0.2, 0.25) is 0 Å². The van der Waals surface area contributed by atoms with Crippen molar-refractivity contribution in [2.75, 3.05) is 0 Å². The maximum Gasteiger partial charge on any atom is 0.240 e. The van der Waals surface area contributed by atoms with E-state index in [0.29, 0.717) is 11.8 Å². The van der Waals surface area contributed by atoms with Crippen LogP contribution in [0, 0.1) is 5.41 Å². The largest absolute Gasteiger partial charge is 0.420 e. The van der Waals surface area contributed by atoms with Gasteiger partial charge in [0.15, 0.2) is 0 Å². The Kier molecular flexibility index (Phi) is 2.52. The molecule has 0 fully saturated rings. The van der Waals surface area contributed by atoms with Crippen molar-refractivity contribution in [3.8, 4) is 0 Å². The molecule has 0 saturated carbocycles. The number of nitrogens with two attached hydrogens (primary N) is 1. The summed E-state index contributed by atoms with van der Waals surface area (Å²) in [7, 11) is 0. The summed E-state index contributed by atoms with van der Waals surface area (Å²) in [6, 6.07) is -0.242. The van der Waals surface area contributed by atoms with Crippen molar-refractivity contribution in [1.29, 1.82) is 0 Å². The van der Waals surface area contributed by atoms with E-state index < -0.39 is 0 Å². The molecule has 1 rings (SSSR count). The van der Waals surface area contributed by atoms with Crippen LogP contribution in [0.3, 0.4) is 0 Å². The van der Waals surface area contributed by atoms with Gasteiger partial charge in [0.05, 0.1) is 6.04 Å². The van der Waals surface area contributed by atoms with Gasteiger partial charge in [0, 0.05) is 0 Å². The molecule has 0 spiro atoms. The van der Waals surface area contributed by atoms with Gasteiger partial charge in [-0.1, -0.05) is 27.4 Å². The predicted octanol–water partition coefficient (Wildman–Crippen LogP) is 1.76. The van der Waals surface area contributed by atoms with E-state index in [4.69, 9.17) is 10.2 Å². The molecule has 4 nitrogen and oxygen atoms in total. The average Bonchev–Trinajstić information content (AvgIpc) is 2.48.